The molecule has 10 nitrogen and oxygen atoms in total. The first-order chi connectivity index (χ1) is 14.8. The van der Waals surface area contributed by atoms with Crippen LogP contribution < -0.4 is 9.47 Å². The Balaban J connectivity index is 1.88. The van der Waals surface area contributed by atoms with Gasteiger partial charge in [0.05, 0.1) is 24.2 Å². The second-order valence-electron chi connectivity index (χ2n) is 6.04. The average Bonchev–Trinajstić information content (AvgIpc) is 3.12. The number of aliphatic imine (C=N–C) groups is 1. The number of carbonyl (C=O) groups is 2. The van der Waals surface area contributed by atoms with Gasteiger partial charge in [-0.15, -0.1) is 0 Å². The number of cyclic esters (lactones) is 1. The fraction of sp³-hybridized carbons (Fsp3) is 0.150. The second kappa shape index (κ2) is 9.26. The lowest BCUT2D eigenvalue weighted by molar-refractivity contribution is -0.384. The van der Waals surface area contributed by atoms with Crippen LogP contribution in [-0.4, -0.2) is 43.6 Å². The largest absolute Gasteiger partial charge is 0.493 e. The molecule has 0 saturated carbocycles. The van der Waals surface area contributed by atoms with E-state index >= 15 is 0 Å². The zero-order valence-corrected chi connectivity index (χ0v) is 17.0. The normalized spacial score (nSPS) is 14.1. The molecule has 0 fully saturated rings. The Labute approximate surface area is 180 Å². The van der Waals surface area contributed by atoms with Crippen molar-refractivity contribution in [1.29, 1.82) is 0 Å². The molecule has 0 amide bonds. The molecule has 31 heavy (non-hydrogen) atoms. The summed E-state index contributed by atoms with van der Waals surface area (Å²) in [5.74, 6) is -0.905. The zero-order chi connectivity index (χ0) is 22.5. The molecule has 3 rings (SSSR count). The van der Waals surface area contributed by atoms with E-state index in [1.807, 2.05) is 0 Å². The van der Waals surface area contributed by atoms with Gasteiger partial charge in [0.1, 0.15) is 0 Å². The van der Waals surface area contributed by atoms with Gasteiger partial charge in [-0.3, -0.25) is 10.1 Å². The minimum Gasteiger partial charge on any atom is -0.493 e. The number of nitro benzene ring substituents is 1. The Morgan fingerprint density at radius 1 is 1.26 bits per heavy atom. The number of nitro groups is 1. The molecule has 1 heterocycles. The molecular weight excluding hydrogens is 432 g/mol. The van der Waals surface area contributed by atoms with Crippen LogP contribution in [-0.2, 0) is 19.1 Å². The van der Waals surface area contributed by atoms with Crippen LogP contribution in [0.25, 0.3) is 6.08 Å². The van der Waals surface area contributed by atoms with Crippen molar-refractivity contribution < 1.29 is 33.5 Å². The molecule has 0 bridgehead atoms. The number of hydrogen-bond acceptors (Lipinski definition) is 9. The Morgan fingerprint density at radius 2 is 1.97 bits per heavy atom. The molecule has 0 spiro atoms. The van der Waals surface area contributed by atoms with Gasteiger partial charge < -0.3 is 18.9 Å². The summed E-state index contributed by atoms with van der Waals surface area (Å²) in [6.45, 7) is -0.359. The molecule has 11 heteroatoms. The first kappa shape index (κ1) is 21.8. The Morgan fingerprint density at radius 3 is 2.58 bits per heavy atom. The number of benzene rings is 2. The van der Waals surface area contributed by atoms with Crippen LogP contribution in [0.5, 0.6) is 11.5 Å². The molecule has 0 N–H and O–H groups in total. The lowest BCUT2D eigenvalue weighted by Gasteiger charge is -2.12. The van der Waals surface area contributed by atoms with Gasteiger partial charge in [-0.25, -0.2) is 14.6 Å². The third kappa shape index (κ3) is 4.98. The van der Waals surface area contributed by atoms with Crippen molar-refractivity contribution in [2.45, 2.75) is 0 Å². The first-order valence-electron chi connectivity index (χ1n) is 8.67. The summed E-state index contributed by atoms with van der Waals surface area (Å²) >= 11 is 6.23. The number of hydrogen-bond donors (Lipinski definition) is 0. The van der Waals surface area contributed by atoms with Gasteiger partial charge in [-0.2, -0.15) is 0 Å². The third-order valence-corrected chi connectivity index (χ3v) is 4.34. The molecule has 160 valence electrons. The maximum atomic E-state index is 12.2. The van der Waals surface area contributed by atoms with Crippen molar-refractivity contribution in [2.24, 2.45) is 4.99 Å². The highest BCUT2D eigenvalue weighted by Gasteiger charge is 2.25. The number of esters is 2. The number of nitrogens with zero attached hydrogens (tertiary/aromatic N) is 2. The maximum absolute atomic E-state index is 12.2. The van der Waals surface area contributed by atoms with Crippen LogP contribution in [0.2, 0.25) is 5.02 Å². The summed E-state index contributed by atoms with van der Waals surface area (Å²) in [5.41, 5.74) is 0.771. The first-order valence-corrected chi connectivity index (χ1v) is 9.04. The molecule has 0 aliphatic carbocycles. The summed E-state index contributed by atoms with van der Waals surface area (Å²) in [6, 6.07) is 8.46. The highest BCUT2D eigenvalue weighted by Crippen LogP contribution is 2.37. The number of halogens is 1. The number of carbonyl (C=O) groups excluding carboxylic acids is 2. The van der Waals surface area contributed by atoms with Crippen LogP contribution >= 0.6 is 11.6 Å². The average molecular weight is 447 g/mol. The molecule has 0 radical (unpaired) electrons. The van der Waals surface area contributed by atoms with E-state index in [2.05, 4.69) is 9.73 Å². The lowest BCUT2D eigenvalue weighted by Crippen LogP contribution is -2.13. The van der Waals surface area contributed by atoms with Crippen LogP contribution in [0.3, 0.4) is 0 Å². The standard InChI is InChI=1S/C20H15ClN2O8/c1-28-16-9-11(7-14(21)18(16)30-10-17(24)29-2)8-15-20(25)31-19(22-15)12-3-5-13(6-4-12)23(26)27/h3-9H,10H2,1-2H3/b15-8-. The molecule has 0 atom stereocenters. The van der Waals surface area contributed by atoms with Crippen molar-refractivity contribution in [1.82, 2.24) is 0 Å². The minimum absolute atomic E-state index is 0.00491. The van der Waals surface area contributed by atoms with Gasteiger partial charge in [0.2, 0.25) is 5.90 Å². The van der Waals surface area contributed by atoms with E-state index in [9.17, 15) is 19.7 Å². The fourth-order valence-electron chi connectivity index (χ4n) is 2.57. The molecule has 1 aliphatic rings. The zero-order valence-electron chi connectivity index (χ0n) is 16.3. The molecule has 0 saturated heterocycles. The topological polar surface area (TPSA) is 127 Å². The molecule has 0 aromatic heterocycles. The maximum Gasteiger partial charge on any atom is 0.363 e. The number of non-ortho nitro benzene ring substituents is 1. The molecule has 2 aromatic carbocycles. The van der Waals surface area contributed by atoms with Crippen LogP contribution in [0.15, 0.2) is 47.1 Å². The number of rotatable bonds is 7. The van der Waals surface area contributed by atoms with Gasteiger partial charge in [-0.1, -0.05) is 11.6 Å². The molecule has 2 aromatic rings. The minimum atomic E-state index is -0.700. The van der Waals surface area contributed by atoms with Crippen LogP contribution in [0.1, 0.15) is 11.1 Å². The van der Waals surface area contributed by atoms with Gasteiger partial charge in [0, 0.05) is 17.7 Å². The van der Waals surface area contributed by atoms with E-state index in [0.717, 1.165) is 0 Å². The van der Waals surface area contributed by atoms with Gasteiger partial charge >= 0.3 is 11.9 Å². The summed E-state index contributed by atoms with van der Waals surface area (Å²) < 4.78 is 20.3. The predicted octanol–water partition coefficient (Wildman–Crippen LogP) is 3.15. The number of ether oxygens (including phenoxy) is 4. The Bertz CT molecular complexity index is 1110. The number of methoxy groups -OCH3 is 2. The van der Waals surface area contributed by atoms with Crippen molar-refractivity contribution >= 4 is 41.2 Å². The summed E-state index contributed by atoms with van der Waals surface area (Å²) in [4.78, 5) is 37.9. The monoisotopic (exact) mass is 446 g/mol. The van der Waals surface area contributed by atoms with Crippen LogP contribution in [0, 0.1) is 10.1 Å². The van der Waals surface area contributed by atoms with E-state index in [-0.39, 0.29) is 40.4 Å². The van der Waals surface area contributed by atoms with Crippen molar-refractivity contribution in [2.75, 3.05) is 20.8 Å². The summed E-state index contributed by atoms with van der Waals surface area (Å²) in [5, 5.41) is 10.9. The van der Waals surface area contributed by atoms with E-state index in [0.29, 0.717) is 11.1 Å². The van der Waals surface area contributed by atoms with Gasteiger partial charge in [0.25, 0.3) is 5.69 Å². The molecule has 0 unspecified atom stereocenters. The van der Waals surface area contributed by atoms with Crippen molar-refractivity contribution in [3.8, 4) is 11.5 Å². The van der Waals surface area contributed by atoms with Crippen molar-refractivity contribution in [3.63, 3.8) is 0 Å². The fourth-order valence-corrected chi connectivity index (χ4v) is 2.84. The predicted molar refractivity (Wildman–Crippen MR) is 109 cm³/mol. The third-order valence-electron chi connectivity index (χ3n) is 4.06. The smallest absolute Gasteiger partial charge is 0.363 e. The molecular formula is C20H15ClN2O8. The highest BCUT2D eigenvalue weighted by molar-refractivity contribution is 6.32. The SMILES string of the molecule is COC(=O)COc1c(Cl)cc(/C=C2\N=C(c3ccc([N+](=O)[O-])cc3)OC2=O)cc1OC. The van der Waals surface area contributed by atoms with E-state index in [4.69, 9.17) is 25.8 Å². The van der Waals surface area contributed by atoms with Crippen LogP contribution in [0.4, 0.5) is 5.69 Å². The summed E-state index contributed by atoms with van der Waals surface area (Å²) in [7, 11) is 2.62. The quantitative estimate of drug-likeness (QED) is 0.274. The van der Waals surface area contributed by atoms with E-state index < -0.39 is 16.9 Å². The lowest BCUT2D eigenvalue weighted by atomic mass is 10.1. The Kier molecular flexibility index (Phi) is 6.51. The van der Waals surface area contributed by atoms with Gasteiger partial charge in [0.15, 0.2) is 23.8 Å². The van der Waals surface area contributed by atoms with Crippen molar-refractivity contribution in [3.05, 3.63) is 68.4 Å². The summed E-state index contributed by atoms with van der Waals surface area (Å²) in [6.07, 6.45) is 1.43. The Hall–Kier alpha value is -3.92. The highest BCUT2D eigenvalue weighted by atomic mass is 35.5. The van der Waals surface area contributed by atoms with E-state index in [1.165, 1.54) is 56.7 Å². The van der Waals surface area contributed by atoms with Gasteiger partial charge in [-0.05, 0) is 35.9 Å². The van der Waals surface area contributed by atoms with E-state index in [1.54, 1.807) is 0 Å². The molecule has 1 aliphatic heterocycles. The second-order valence-corrected chi connectivity index (χ2v) is 6.45.